The maximum Gasteiger partial charge on any atom is 0.410 e. The molecule has 4 rings (SSSR count). The van der Waals surface area contributed by atoms with Crippen LogP contribution in [-0.2, 0) is 16.1 Å². The minimum absolute atomic E-state index is 0.0403. The second kappa shape index (κ2) is 11.5. The van der Waals surface area contributed by atoms with E-state index in [9.17, 15) is 9.59 Å². The Labute approximate surface area is 206 Å². The number of carbonyl (C=O) groups is 2. The molecule has 1 aromatic heterocycles. The number of nitrogens with one attached hydrogen (secondary N) is 1. The molecule has 0 spiro atoms. The van der Waals surface area contributed by atoms with Crippen molar-refractivity contribution < 1.29 is 19.1 Å². The van der Waals surface area contributed by atoms with Crippen LogP contribution in [-0.4, -0.2) is 42.1 Å². The van der Waals surface area contributed by atoms with Crippen molar-refractivity contribution in [2.45, 2.75) is 32.4 Å². The van der Waals surface area contributed by atoms with Crippen molar-refractivity contribution in [2.75, 3.05) is 20.2 Å². The predicted octanol–water partition coefficient (Wildman–Crippen LogP) is 4.65. The lowest BCUT2D eigenvalue weighted by atomic mass is 9.92. The molecule has 1 aliphatic heterocycles. The molecule has 182 valence electrons. The number of pyridine rings is 1. The summed E-state index contributed by atoms with van der Waals surface area (Å²) in [4.78, 5) is 31.8. The van der Waals surface area contributed by atoms with E-state index in [1.54, 1.807) is 18.2 Å². The third-order valence-electron chi connectivity index (χ3n) is 6.42. The number of piperidine rings is 1. The minimum Gasteiger partial charge on any atom is -0.481 e. The van der Waals surface area contributed by atoms with Gasteiger partial charge in [0.2, 0.25) is 11.8 Å². The van der Waals surface area contributed by atoms with Gasteiger partial charge >= 0.3 is 6.09 Å². The lowest BCUT2D eigenvalue weighted by molar-refractivity contribution is -0.126. The van der Waals surface area contributed by atoms with Gasteiger partial charge in [0.05, 0.1) is 13.2 Å². The Bertz CT molecular complexity index is 1140. The largest absolute Gasteiger partial charge is 0.481 e. The molecule has 2 amide bonds. The van der Waals surface area contributed by atoms with Crippen molar-refractivity contribution in [1.29, 1.82) is 0 Å². The number of amides is 2. The Kier molecular flexibility index (Phi) is 7.98. The SMILES string of the molecule is COc1ncccc1C(NC(=O)C1CCN(C(=O)OCc2ccccc2)CC1)c1ccccc1C. The molecule has 0 saturated carbocycles. The van der Waals surface area contributed by atoms with Crippen LogP contribution in [0.2, 0.25) is 0 Å². The van der Waals surface area contributed by atoms with E-state index in [2.05, 4.69) is 10.3 Å². The van der Waals surface area contributed by atoms with Crippen molar-refractivity contribution in [1.82, 2.24) is 15.2 Å². The zero-order valence-corrected chi connectivity index (χ0v) is 20.1. The number of benzene rings is 2. The Hall–Kier alpha value is -3.87. The number of methoxy groups -OCH3 is 1. The fourth-order valence-electron chi connectivity index (χ4n) is 4.42. The first-order valence-corrected chi connectivity index (χ1v) is 11.9. The van der Waals surface area contributed by atoms with Gasteiger partial charge in [-0.05, 0) is 48.6 Å². The molecule has 7 nitrogen and oxygen atoms in total. The maximum atomic E-state index is 13.3. The number of carbonyl (C=O) groups excluding carboxylic acids is 2. The van der Waals surface area contributed by atoms with Crippen molar-refractivity contribution in [3.8, 4) is 5.88 Å². The Balaban J connectivity index is 1.40. The smallest absolute Gasteiger partial charge is 0.410 e. The number of hydrogen-bond donors (Lipinski definition) is 1. The van der Waals surface area contributed by atoms with Gasteiger partial charge in [-0.2, -0.15) is 0 Å². The highest BCUT2D eigenvalue weighted by atomic mass is 16.6. The molecule has 1 unspecified atom stereocenters. The zero-order valence-electron chi connectivity index (χ0n) is 20.1. The van der Waals surface area contributed by atoms with Gasteiger partial charge in [0.1, 0.15) is 6.61 Å². The van der Waals surface area contributed by atoms with E-state index >= 15 is 0 Å². The summed E-state index contributed by atoms with van der Waals surface area (Å²) in [7, 11) is 1.58. The summed E-state index contributed by atoms with van der Waals surface area (Å²) in [5.41, 5.74) is 3.82. The van der Waals surface area contributed by atoms with Gasteiger partial charge in [-0.3, -0.25) is 4.79 Å². The maximum absolute atomic E-state index is 13.3. The standard InChI is InChI=1S/C28H31N3O4/c1-20-9-6-7-12-23(20)25(24-13-8-16-29-27(24)34-2)30-26(32)22-14-17-31(18-15-22)28(33)35-19-21-10-4-3-5-11-21/h3-13,16,22,25H,14-15,17-19H2,1-2H3,(H,30,32). The highest BCUT2D eigenvalue weighted by molar-refractivity contribution is 5.80. The molecule has 0 bridgehead atoms. The zero-order chi connectivity index (χ0) is 24.6. The van der Waals surface area contributed by atoms with Gasteiger partial charge in [0.25, 0.3) is 0 Å². The predicted molar refractivity (Wildman–Crippen MR) is 133 cm³/mol. The molecular formula is C28H31N3O4. The summed E-state index contributed by atoms with van der Waals surface area (Å²) in [6.45, 7) is 3.23. The summed E-state index contributed by atoms with van der Waals surface area (Å²) in [5.74, 6) is 0.251. The van der Waals surface area contributed by atoms with Crippen LogP contribution in [0.15, 0.2) is 72.9 Å². The average Bonchev–Trinajstić information content (AvgIpc) is 2.91. The summed E-state index contributed by atoms with van der Waals surface area (Å²) >= 11 is 0. The first-order chi connectivity index (χ1) is 17.1. The topological polar surface area (TPSA) is 80.8 Å². The monoisotopic (exact) mass is 473 g/mol. The third kappa shape index (κ3) is 5.98. The summed E-state index contributed by atoms with van der Waals surface area (Å²) < 4.78 is 10.9. The van der Waals surface area contributed by atoms with Crippen LogP contribution in [0.3, 0.4) is 0 Å². The molecule has 1 saturated heterocycles. The molecule has 2 aromatic carbocycles. The van der Waals surface area contributed by atoms with E-state index in [1.165, 1.54) is 0 Å². The number of hydrogen-bond acceptors (Lipinski definition) is 5. The Morgan fingerprint density at radius 3 is 2.40 bits per heavy atom. The molecule has 0 radical (unpaired) electrons. The summed E-state index contributed by atoms with van der Waals surface area (Å²) in [5, 5.41) is 3.23. The molecule has 1 fully saturated rings. The lowest BCUT2D eigenvalue weighted by Crippen LogP contribution is -2.44. The van der Waals surface area contributed by atoms with Gasteiger partial charge in [0.15, 0.2) is 0 Å². The van der Waals surface area contributed by atoms with Gasteiger partial charge in [-0.25, -0.2) is 9.78 Å². The van der Waals surface area contributed by atoms with E-state index in [1.807, 2.05) is 73.7 Å². The lowest BCUT2D eigenvalue weighted by Gasteiger charge is -2.32. The number of nitrogens with zero attached hydrogens (tertiary/aromatic N) is 2. The summed E-state index contributed by atoms with van der Waals surface area (Å²) in [6, 6.07) is 21.0. The van der Waals surface area contributed by atoms with Crippen LogP contribution < -0.4 is 10.1 Å². The van der Waals surface area contributed by atoms with Crippen LogP contribution in [0, 0.1) is 12.8 Å². The fourth-order valence-corrected chi connectivity index (χ4v) is 4.42. The van der Waals surface area contributed by atoms with Crippen molar-refractivity contribution in [2.24, 2.45) is 5.92 Å². The molecule has 7 heteroatoms. The van der Waals surface area contributed by atoms with E-state index in [0.29, 0.717) is 31.8 Å². The van der Waals surface area contributed by atoms with Crippen molar-refractivity contribution in [3.63, 3.8) is 0 Å². The second-order valence-corrected chi connectivity index (χ2v) is 8.70. The highest BCUT2D eigenvalue weighted by Crippen LogP contribution is 2.31. The van der Waals surface area contributed by atoms with Gasteiger partial charge in [-0.15, -0.1) is 0 Å². The Morgan fingerprint density at radius 1 is 1.00 bits per heavy atom. The van der Waals surface area contributed by atoms with Crippen molar-refractivity contribution >= 4 is 12.0 Å². The number of rotatable bonds is 7. The van der Waals surface area contributed by atoms with Crippen LogP contribution >= 0.6 is 0 Å². The van der Waals surface area contributed by atoms with Crippen LogP contribution in [0.5, 0.6) is 5.88 Å². The fraction of sp³-hybridized carbons (Fsp3) is 0.321. The Morgan fingerprint density at radius 2 is 1.69 bits per heavy atom. The summed E-state index contributed by atoms with van der Waals surface area (Å²) in [6.07, 6.45) is 2.49. The van der Waals surface area contributed by atoms with Crippen LogP contribution in [0.1, 0.15) is 41.1 Å². The van der Waals surface area contributed by atoms with Crippen LogP contribution in [0.4, 0.5) is 4.79 Å². The van der Waals surface area contributed by atoms with Gasteiger partial charge in [-0.1, -0.05) is 54.6 Å². The molecule has 2 heterocycles. The normalized spacial score (nSPS) is 14.7. The van der Waals surface area contributed by atoms with Gasteiger partial charge in [0, 0.05) is 30.8 Å². The average molecular weight is 474 g/mol. The van der Waals surface area contributed by atoms with Crippen LogP contribution in [0.25, 0.3) is 0 Å². The van der Waals surface area contributed by atoms with E-state index in [4.69, 9.17) is 9.47 Å². The van der Waals surface area contributed by atoms with Gasteiger partial charge < -0.3 is 19.7 Å². The molecular weight excluding hydrogens is 442 g/mol. The number of likely N-dealkylation sites (tertiary alicyclic amines) is 1. The number of ether oxygens (including phenoxy) is 2. The molecule has 3 aromatic rings. The first kappa shape index (κ1) is 24.3. The van der Waals surface area contributed by atoms with E-state index in [0.717, 1.165) is 22.3 Å². The number of aryl methyl sites for hydroxylation is 1. The minimum atomic E-state index is -0.388. The molecule has 1 N–H and O–H groups in total. The molecule has 1 atom stereocenters. The van der Waals surface area contributed by atoms with E-state index < -0.39 is 0 Å². The van der Waals surface area contributed by atoms with Crippen molar-refractivity contribution in [3.05, 3.63) is 95.2 Å². The third-order valence-corrected chi connectivity index (χ3v) is 6.42. The number of aromatic nitrogens is 1. The highest BCUT2D eigenvalue weighted by Gasteiger charge is 2.31. The second-order valence-electron chi connectivity index (χ2n) is 8.70. The first-order valence-electron chi connectivity index (χ1n) is 11.9. The molecule has 35 heavy (non-hydrogen) atoms. The van der Waals surface area contributed by atoms with E-state index in [-0.39, 0.29) is 30.6 Å². The quantitative estimate of drug-likeness (QED) is 0.540. The molecule has 1 aliphatic rings. The molecule has 0 aliphatic carbocycles.